The normalized spacial score (nSPS) is 17.9. The Balaban J connectivity index is 1.74. The molecule has 1 aromatic heterocycles. The van der Waals surface area contributed by atoms with E-state index in [-0.39, 0.29) is 23.8 Å². The van der Waals surface area contributed by atoms with Crippen molar-refractivity contribution in [2.24, 2.45) is 0 Å². The molecule has 0 bridgehead atoms. The van der Waals surface area contributed by atoms with Crippen LogP contribution in [0.1, 0.15) is 24.0 Å². The Morgan fingerprint density at radius 2 is 2.07 bits per heavy atom. The van der Waals surface area contributed by atoms with E-state index in [0.29, 0.717) is 24.0 Å². The molecule has 1 atom stereocenters. The highest BCUT2D eigenvalue weighted by molar-refractivity contribution is 5.69. The zero-order valence-corrected chi connectivity index (χ0v) is 15.7. The van der Waals surface area contributed by atoms with Gasteiger partial charge in [-0.05, 0) is 56.1 Å². The average Bonchev–Trinajstić information content (AvgIpc) is 2.62. The summed E-state index contributed by atoms with van der Waals surface area (Å²) in [4.78, 5) is 12.7. The molecule has 0 aliphatic carbocycles. The van der Waals surface area contributed by atoms with E-state index in [1.54, 1.807) is 13.0 Å². The molecule has 3 N–H and O–H groups in total. The number of carboxylic acid groups (broad SMARTS) is 1. The molecule has 0 saturated carbocycles. The molecule has 0 amide bonds. The number of aromatic nitrogens is 2. The first-order valence-corrected chi connectivity index (χ1v) is 9.09. The fourth-order valence-electron chi connectivity index (χ4n) is 3.39. The van der Waals surface area contributed by atoms with E-state index in [9.17, 15) is 23.1 Å². The molecule has 10 heteroatoms. The number of aliphatic carboxylic acids is 1. The highest BCUT2D eigenvalue weighted by atomic mass is 19.4. The second-order valence-corrected chi connectivity index (χ2v) is 7.10. The first-order valence-electron chi connectivity index (χ1n) is 9.09. The van der Waals surface area contributed by atoms with E-state index < -0.39 is 23.5 Å². The second kappa shape index (κ2) is 8.24. The quantitative estimate of drug-likeness (QED) is 0.697. The van der Waals surface area contributed by atoms with E-state index in [1.165, 1.54) is 6.07 Å². The highest BCUT2D eigenvalue weighted by Crippen LogP contribution is 2.36. The van der Waals surface area contributed by atoms with Crippen LogP contribution in [0.15, 0.2) is 24.3 Å². The van der Waals surface area contributed by atoms with Gasteiger partial charge in [0.1, 0.15) is 5.75 Å². The minimum atomic E-state index is -4.54. The van der Waals surface area contributed by atoms with Gasteiger partial charge < -0.3 is 15.5 Å². The molecule has 1 aliphatic heterocycles. The van der Waals surface area contributed by atoms with Crippen molar-refractivity contribution in [3.8, 4) is 17.0 Å². The van der Waals surface area contributed by atoms with Gasteiger partial charge in [-0.2, -0.15) is 13.2 Å². The third-order valence-electron chi connectivity index (χ3n) is 4.79. The summed E-state index contributed by atoms with van der Waals surface area (Å²) in [5, 5.41) is 30.3. The molecule has 0 spiro atoms. The number of piperidine rings is 1. The number of hydrogen-bond acceptors (Lipinski definition) is 6. The lowest BCUT2D eigenvalue weighted by atomic mass is 10.0. The molecule has 0 unspecified atom stereocenters. The summed E-state index contributed by atoms with van der Waals surface area (Å²) in [6.07, 6.45) is -2.83. The fourth-order valence-corrected chi connectivity index (χ4v) is 3.39. The number of phenols is 1. The van der Waals surface area contributed by atoms with Crippen molar-refractivity contribution in [3.05, 3.63) is 35.4 Å². The van der Waals surface area contributed by atoms with Gasteiger partial charge in [0.2, 0.25) is 0 Å². The van der Waals surface area contributed by atoms with Crippen molar-refractivity contribution in [1.82, 2.24) is 15.1 Å². The lowest BCUT2D eigenvalue weighted by Crippen LogP contribution is -2.44. The Bertz CT molecular complexity index is 905. The van der Waals surface area contributed by atoms with E-state index >= 15 is 0 Å². The van der Waals surface area contributed by atoms with Crippen molar-refractivity contribution in [3.63, 3.8) is 0 Å². The predicted molar refractivity (Wildman–Crippen MR) is 99.6 cm³/mol. The van der Waals surface area contributed by atoms with E-state index in [0.717, 1.165) is 25.5 Å². The van der Waals surface area contributed by atoms with Gasteiger partial charge in [0.25, 0.3) is 0 Å². The molecule has 2 aromatic rings. The number of carboxylic acids is 1. The van der Waals surface area contributed by atoms with Gasteiger partial charge in [-0.25, -0.2) is 0 Å². The number of phenolic OH excluding ortho intramolecular Hbond substituents is 1. The zero-order chi connectivity index (χ0) is 21.2. The molecule has 29 heavy (non-hydrogen) atoms. The number of anilines is 1. The number of nitrogens with zero attached hydrogens (tertiary/aromatic N) is 3. The minimum absolute atomic E-state index is 0.0152. The maximum absolute atomic E-state index is 12.8. The first-order chi connectivity index (χ1) is 13.6. The average molecular weight is 410 g/mol. The lowest BCUT2D eigenvalue weighted by molar-refractivity contribution is -0.139. The van der Waals surface area contributed by atoms with Crippen LogP contribution < -0.4 is 5.32 Å². The molecule has 3 rings (SSSR count). The number of rotatable bonds is 5. The Morgan fingerprint density at radius 3 is 2.69 bits per heavy atom. The maximum atomic E-state index is 12.8. The predicted octanol–water partition coefficient (Wildman–Crippen LogP) is 3.14. The molecule has 1 saturated heterocycles. The number of aromatic hydroxyl groups is 1. The third-order valence-corrected chi connectivity index (χ3v) is 4.79. The Morgan fingerprint density at radius 1 is 1.31 bits per heavy atom. The molecule has 156 valence electrons. The van der Waals surface area contributed by atoms with Gasteiger partial charge in [0, 0.05) is 18.2 Å². The molecule has 0 radical (unpaired) electrons. The smallest absolute Gasteiger partial charge is 0.416 e. The Labute approximate surface area is 165 Å². The maximum Gasteiger partial charge on any atom is 0.416 e. The summed E-state index contributed by atoms with van der Waals surface area (Å²) in [5.74, 6) is -0.879. The van der Waals surface area contributed by atoms with Gasteiger partial charge in [0.05, 0.1) is 17.8 Å². The number of halogens is 3. The van der Waals surface area contributed by atoms with Crippen molar-refractivity contribution in [2.45, 2.75) is 32.0 Å². The van der Waals surface area contributed by atoms with Gasteiger partial charge in [-0.3, -0.25) is 9.69 Å². The first kappa shape index (κ1) is 20.8. The van der Waals surface area contributed by atoms with E-state index in [1.807, 2.05) is 4.90 Å². The lowest BCUT2D eigenvalue weighted by Gasteiger charge is -2.32. The Kier molecular flexibility index (Phi) is 5.92. The summed E-state index contributed by atoms with van der Waals surface area (Å²) in [6, 6.07) is 4.37. The van der Waals surface area contributed by atoms with Crippen LogP contribution in [0.25, 0.3) is 11.3 Å². The van der Waals surface area contributed by atoms with Gasteiger partial charge in [-0.1, -0.05) is 0 Å². The van der Waals surface area contributed by atoms with Crippen molar-refractivity contribution >= 4 is 11.8 Å². The molecule has 2 heterocycles. The summed E-state index contributed by atoms with van der Waals surface area (Å²) >= 11 is 0. The van der Waals surface area contributed by atoms with Crippen LogP contribution in [0.2, 0.25) is 0 Å². The molecular weight excluding hydrogens is 389 g/mol. The molecule has 7 nitrogen and oxygen atoms in total. The summed E-state index contributed by atoms with van der Waals surface area (Å²) in [6.45, 7) is 3.05. The van der Waals surface area contributed by atoms with Crippen LogP contribution in [0.5, 0.6) is 5.75 Å². The molecule has 1 aliphatic rings. The number of likely N-dealkylation sites (tertiary alicyclic amines) is 1. The van der Waals surface area contributed by atoms with E-state index in [2.05, 4.69) is 15.5 Å². The molecule has 1 aromatic carbocycles. The zero-order valence-electron chi connectivity index (χ0n) is 15.7. The number of benzene rings is 1. The van der Waals surface area contributed by atoms with Gasteiger partial charge in [-0.15, -0.1) is 10.2 Å². The van der Waals surface area contributed by atoms with Crippen LogP contribution in [-0.2, 0) is 11.0 Å². The van der Waals surface area contributed by atoms with Gasteiger partial charge >= 0.3 is 12.1 Å². The standard InChI is InChI=1S/C19H21F3N4O3/c1-11-7-15(14-5-4-12(8-16(14)27)19(20,21)22)24-25-18(11)23-13-3-2-6-26(9-13)10-17(28)29/h4-5,7-8,13,27H,2-3,6,9-10H2,1H3,(H,23,25)(H,28,29)/t13-/m1/s1. The summed E-state index contributed by atoms with van der Waals surface area (Å²) < 4.78 is 38.3. The summed E-state index contributed by atoms with van der Waals surface area (Å²) in [5.41, 5.74) is 0.190. The molecule has 1 fully saturated rings. The van der Waals surface area contributed by atoms with Crippen LogP contribution in [0.4, 0.5) is 19.0 Å². The van der Waals surface area contributed by atoms with E-state index in [4.69, 9.17) is 5.11 Å². The second-order valence-electron chi connectivity index (χ2n) is 7.10. The number of alkyl halides is 3. The monoisotopic (exact) mass is 410 g/mol. The fraction of sp³-hybridized carbons (Fsp3) is 0.421. The highest BCUT2D eigenvalue weighted by Gasteiger charge is 2.31. The van der Waals surface area contributed by atoms with Crippen LogP contribution in [0.3, 0.4) is 0 Å². The van der Waals surface area contributed by atoms with Crippen molar-refractivity contribution < 1.29 is 28.2 Å². The number of nitrogens with one attached hydrogen (secondary N) is 1. The number of hydrogen-bond donors (Lipinski definition) is 3. The topological polar surface area (TPSA) is 98.6 Å². The summed E-state index contributed by atoms with van der Waals surface area (Å²) in [7, 11) is 0. The van der Waals surface area contributed by atoms with Crippen LogP contribution in [-0.4, -0.2) is 57.0 Å². The van der Waals surface area contributed by atoms with Crippen LogP contribution in [0, 0.1) is 6.92 Å². The van der Waals surface area contributed by atoms with Crippen molar-refractivity contribution in [2.75, 3.05) is 25.0 Å². The third kappa shape index (κ3) is 5.14. The van der Waals surface area contributed by atoms with Crippen LogP contribution >= 0.6 is 0 Å². The van der Waals surface area contributed by atoms with Gasteiger partial charge in [0.15, 0.2) is 5.82 Å². The number of carbonyl (C=O) groups is 1. The SMILES string of the molecule is Cc1cc(-c2ccc(C(F)(F)F)cc2O)nnc1N[C@@H]1CCCN(CC(=O)O)C1. The Hall–Kier alpha value is -2.88. The number of aryl methyl sites for hydroxylation is 1. The largest absolute Gasteiger partial charge is 0.507 e. The van der Waals surface area contributed by atoms with Crippen molar-refractivity contribution in [1.29, 1.82) is 0 Å². The molecular formula is C19H21F3N4O3. The minimum Gasteiger partial charge on any atom is -0.507 e.